The Hall–Kier alpha value is -2.24. The first-order valence-corrected chi connectivity index (χ1v) is 9.69. The lowest BCUT2D eigenvalue weighted by atomic mass is 9.88. The first-order chi connectivity index (χ1) is 13.5. The van der Waals surface area contributed by atoms with Gasteiger partial charge in [-0.05, 0) is 35.4 Å². The first kappa shape index (κ1) is 19.1. The van der Waals surface area contributed by atoms with Crippen LogP contribution in [0, 0.1) is 0 Å². The van der Waals surface area contributed by atoms with Crippen LogP contribution in [0.4, 0.5) is 8.78 Å². The normalized spacial score (nSPS) is 19.5. The molecule has 2 aliphatic rings. The summed E-state index contributed by atoms with van der Waals surface area (Å²) < 4.78 is 30.6. The monoisotopic (exact) mass is 385 g/mol. The van der Waals surface area contributed by atoms with E-state index >= 15 is 0 Å². The maximum absolute atomic E-state index is 12.7. The number of benzene rings is 2. The molecule has 1 N–H and O–H groups in total. The van der Waals surface area contributed by atoms with E-state index in [9.17, 15) is 13.9 Å². The summed E-state index contributed by atoms with van der Waals surface area (Å²) in [6, 6.07) is 14.6. The molecule has 2 aromatic carbocycles. The fraction of sp³-hybridized carbons (Fsp3) is 0.391. The highest BCUT2D eigenvalue weighted by Crippen LogP contribution is 2.34. The quantitative estimate of drug-likeness (QED) is 0.810. The highest BCUT2D eigenvalue weighted by Gasteiger charge is 2.37. The summed E-state index contributed by atoms with van der Waals surface area (Å²) in [6.45, 7) is 6.73. The predicted molar refractivity (Wildman–Crippen MR) is 105 cm³/mol. The SMILES string of the molecule is C=C(c1ccc(C2(O)COC2)cc1)N1CCC(c2ccc(C(F)F)cc2)CC1. The molecular weight excluding hydrogens is 360 g/mol. The van der Waals surface area contributed by atoms with Gasteiger partial charge in [0.25, 0.3) is 6.43 Å². The summed E-state index contributed by atoms with van der Waals surface area (Å²) in [5.41, 5.74) is 3.27. The third kappa shape index (κ3) is 3.69. The summed E-state index contributed by atoms with van der Waals surface area (Å²) in [5.74, 6) is 0.394. The molecule has 0 saturated carbocycles. The minimum atomic E-state index is -2.41. The molecule has 148 valence electrons. The highest BCUT2D eigenvalue weighted by atomic mass is 19.3. The Kier molecular flexibility index (Phi) is 5.21. The Morgan fingerprint density at radius 3 is 2.14 bits per heavy atom. The smallest absolute Gasteiger partial charge is 0.263 e. The lowest BCUT2D eigenvalue weighted by Gasteiger charge is -2.37. The van der Waals surface area contributed by atoms with E-state index in [0.29, 0.717) is 19.1 Å². The van der Waals surface area contributed by atoms with Gasteiger partial charge >= 0.3 is 0 Å². The van der Waals surface area contributed by atoms with Crippen molar-refractivity contribution in [3.63, 3.8) is 0 Å². The van der Waals surface area contributed by atoms with Crippen LogP contribution in [0.2, 0.25) is 0 Å². The van der Waals surface area contributed by atoms with Crippen LogP contribution in [-0.2, 0) is 10.3 Å². The van der Waals surface area contributed by atoms with Crippen molar-refractivity contribution in [3.05, 3.63) is 77.4 Å². The van der Waals surface area contributed by atoms with Crippen molar-refractivity contribution in [1.29, 1.82) is 0 Å². The van der Waals surface area contributed by atoms with Gasteiger partial charge < -0.3 is 14.7 Å². The fourth-order valence-corrected chi connectivity index (χ4v) is 4.01. The summed E-state index contributed by atoms with van der Waals surface area (Å²) in [4.78, 5) is 2.28. The summed E-state index contributed by atoms with van der Waals surface area (Å²) >= 11 is 0. The molecule has 0 unspecified atom stereocenters. The van der Waals surface area contributed by atoms with E-state index in [1.807, 2.05) is 36.4 Å². The number of hydrogen-bond acceptors (Lipinski definition) is 3. The van der Waals surface area contributed by atoms with Gasteiger partial charge in [0.1, 0.15) is 5.60 Å². The number of likely N-dealkylation sites (tertiary alicyclic amines) is 1. The Balaban J connectivity index is 1.36. The lowest BCUT2D eigenvalue weighted by molar-refractivity contribution is -0.184. The van der Waals surface area contributed by atoms with Gasteiger partial charge in [0.2, 0.25) is 0 Å². The second kappa shape index (κ2) is 7.64. The van der Waals surface area contributed by atoms with Gasteiger partial charge in [-0.15, -0.1) is 0 Å². The maximum atomic E-state index is 12.7. The zero-order valence-corrected chi connectivity index (χ0v) is 15.8. The number of rotatable bonds is 5. The van der Waals surface area contributed by atoms with E-state index in [2.05, 4.69) is 11.5 Å². The number of ether oxygens (including phenoxy) is 1. The minimum absolute atomic E-state index is 0.0798. The van der Waals surface area contributed by atoms with Gasteiger partial charge in [0, 0.05) is 24.4 Å². The molecule has 0 amide bonds. The number of piperidine rings is 1. The molecule has 5 heteroatoms. The maximum Gasteiger partial charge on any atom is 0.263 e. The van der Waals surface area contributed by atoms with Gasteiger partial charge in [0.05, 0.1) is 13.2 Å². The molecule has 4 rings (SSSR count). The Labute approximate surface area is 164 Å². The number of halogens is 2. The van der Waals surface area contributed by atoms with Crippen molar-refractivity contribution in [1.82, 2.24) is 4.90 Å². The van der Waals surface area contributed by atoms with Gasteiger partial charge in [-0.1, -0.05) is 55.1 Å². The van der Waals surface area contributed by atoms with Crippen LogP contribution in [0.5, 0.6) is 0 Å². The summed E-state index contributed by atoms with van der Waals surface area (Å²) in [5, 5.41) is 10.3. The topological polar surface area (TPSA) is 32.7 Å². The summed E-state index contributed by atoms with van der Waals surface area (Å²) in [7, 11) is 0. The Morgan fingerprint density at radius 1 is 1.04 bits per heavy atom. The number of nitrogens with zero attached hydrogens (tertiary/aromatic N) is 1. The number of hydrogen-bond donors (Lipinski definition) is 1. The van der Waals surface area contributed by atoms with E-state index < -0.39 is 12.0 Å². The van der Waals surface area contributed by atoms with Crippen molar-refractivity contribution in [2.24, 2.45) is 0 Å². The summed E-state index contributed by atoms with van der Waals surface area (Å²) in [6.07, 6.45) is -0.465. The highest BCUT2D eigenvalue weighted by molar-refractivity contribution is 5.62. The van der Waals surface area contributed by atoms with E-state index in [4.69, 9.17) is 4.74 Å². The molecule has 0 aliphatic carbocycles. The average molecular weight is 385 g/mol. The van der Waals surface area contributed by atoms with Crippen molar-refractivity contribution < 1.29 is 18.6 Å². The molecule has 2 saturated heterocycles. The predicted octanol–water partition coefficient (Wildman–Crippen LogP) is 4.69. The lowest BCUT2D eigenvalue weighted by Crippen LogP contribution is -2.46. The van der Waals surface area contributed by atoms with Crippen molar-refractivity contribution >= 4 is 5.70 Å². The molecule has 0 spiro atoms. The molecule has 0 bridgehead atoms. The molecule has 0 aromatic heterocycles. The van der Waals surface area contributed by atoms with Crippen LogP contribution >= 0.6 is 0 Å². The molecule has 2 aliphatic heterocycles. The largest absolute Gasteiger partial charge is 0.380 e. The first-order valence-electron chi connectivity index (χ1n) is 9.69. The van der Waals surface area contributed by atoms with Gasteiger partial charge in [-0.25, -0.2) is 8.78 Å². The van der Waals surface area contributed by atoms with E-state index in [1.54, 1.807) is 0 Å². The van der Waals surface area contributed by atoms with Crippen LogP contribution in [0.1, 0.15) is 47.4 Å². The van der Waals surface area contributed by atoms with Gasteiger partial charge in [-0.2, -0.15) is 0 Å². The van der Waals surface area contributed by atoms with Crippen LogP contribution in [-0.4, -0.2) is 36.3 Å². The number of aliphatic hydroxyl groups is 1. The van der Waals surface area contributed by atoms with E-state index in [0.717, 1.165) is 48.3 Å². The molecule has 2 aromatic rings. The second-order valence-electron chi connectivity index (χ2n) is 7.78. The molecule has 2 fully saturated rings. The average Bonchev–Trinajstić information content (AvgIpc) is 2.72. The minimum Gasteiger partial charge on any atom is -0.380 e. The Bertz CT molecular complexity index is 821. The molecule has 2 heterocycles. The van der Waals surface area contributed by atoms with Crippen LogP contribution < -0.4 is 0 Å². The fourth-order valence-electron chi connectivity index (χ4n) is 4.01. The molecule has 0 radical (unpaired) electrons. The van der Waals surface area contributed by atoms with Gasteiger partial charge in [-0.3, -0.25) is 0 Å². The zero-order chi connectivity index (χ0) is 19.7. The van der Waals surface area contributed by atoms with Crippen LogP contribution in [0.3, 0.4) is 0 Å². The van der Waals surface area contributed by atoms with Crippen LogP contribution in [0.25, 0.3) is 5.70 Å². The molecule has 28 heavy (non-hydrogen) atoms. The number of alkyl halides is 2. The Morgan fingerprint density at radius 2 is 1.64 bits per heavy atom. The van der Waals surface area contributed by atoms with Crippen molar-refractivity contribution in [3.8, 4) is 0 Å². The zero-order valence-electron chi connectivity index (χ0n) is 15.8. The van der Waals surface area contributed by atoms with E-state index in [1.165, 1.54) is 12.1 Å². The molecule has 3 nitrogen and oxygen atoms in total. The molecule has 0 atom stereocenters. The van der Waals surface area contributed by atoms with E-state index in [-0.39, 0.29) is 5.56 Å². The van der Waals surface area contributed by atoms with Crippen molar-refractivity contribution in [2.75, 3.05) is 26.3 Å². The second-order valence-corrected chi connectivity index (χ2v) is 7.78. The standard InChI is InChI=1S/C23H25F2NO2/c1-16(17-6-8-21(9-7-17)23(27)14-28-15-23)26-12-10-19(11-13-26)18-2-4-20(5-3-18)22(24)25/h2-9,19,22,27H,1,10-15H2. The van der Waals surface area contributed by atoms with Crippen LogP contribution in [0.15, 0.2) is 55.1 Å². The molecular formula is C23H25F2NO2. The third-order valence-electron chi connectivity index (χ3n) is 5.97. The van der Waals surface area contributed by atoms with Crippen molar-refractivity contribution in [2.45, 2.75) is 30.8 Å². The third-order valence-corrected chi connectivity index (χ3v) is 5.97. The van der Waals surface area contributed by atoms with Gasteiger partial charge in [0.15, 0.2) is 0 Å².